The predicted octanol–water partition coefficient (Wildman–Crippen LogP) is 3.87. The molecule has 0 saturated carbocycles. The standard InChI is InChI=1S/C20H16ClFN2O3/c21-14-5-11-7-18(23-16(11)9-15(14)22)20(27)24-17-6-10-3-1-2-4-12(10)13(17)8-19(25)26/h1-5,7,9,13,17,23H,6,8H2,(H,24,27)(H,25,26)/t13-,17-/m1/s1. The lowest BCUT2D eigenvalue weighted by Crippen LogP contribution is -2.38. The molecule has 1 aliphatic carbocycles. The van der Waals surface area contributed by atoms with Crippen molar-refractivity contribution in [1.29, 1.82) is 0 Å². The monoisotopic (exact) mass is 386 g/mol. The van der Waals surface area contributed by atoms with Crippen molar-refractivity contribution in [2.24, 2.45) is 0 Å². The number of H-pyrrole nitrogens is 1. The summed E-state index contributed by atoms with van der Waals surface area (Å²) >= 11 is 5.79. The minimum Gasteiger partial charge on any atom is -0.481 e. The molecule has 3 N–H and O–H groups in total. The van der Waals surface area contributed by atoms with Gasteiger partial charge in [-0.25, -0.2) is 4.39 Å². The molecule has 1 heterocycles. The molecule has 5 nitrogen and oxygen atoms in total. The molecule has 1 aliphatic rings. The van der Waals surface area contributed by atoms with Crippen molar-refractivity contribution < 1.29 is 19.1 Å². The van der Waals surface area contributed by atoms with Crippen molar-refractivity contribution in [3.63, 3.8) is 0 Å². The van der Waals surface area contributed by atoms with Crippen LogP contribution in [0.1, 0.15) is 34.0 Å². The van der Waals surface area contributed by atoms with E-state index >= 15 is 0 Å². The highest BCUT2D eigenvalue weighted by atomic mass is 35.5. The summed E-state index contributed by atoms with van der Waals surface area (Å²) in [4.78, 5) is 26.9. The molecule has 0 unspecified atom stereocenters. The minimum atomic E-state index is -0.910. The van der Waals surface area contributed by atoms with E-state index in [1.807, 2.05) is 24.3 Å². The van der Waals surface area contributed by atoms with Crippen molar-refractivity contribution in [1.82, 2.24) is 10.3 Å². The molecule has 4 rings (SSSR count). The Balaban J connectivity index is 1.59. The average Bonchev–Trinajstić information content (AvgIpc) is 3.17. The Labute approximate surface area is 159 Å². The zero-order chi connectivity index (χ0) is 19.1. The first-order valence-corrected chi connectivity index (χ1v) is 8.88. The van der Waals surface area contributed by atoms with Gasteiger partial charge in [0, 0.05) is 22.9 Å². The SMILES string of the molecule is O=C(O)C[C@@H]1c2ccccc2C[C@H]1NC(=O)c1cc2cc(Cl)c(F)cc2[nH]1. The maximum absolute atomic E-state index is 13.6. The maximum atomic E-state index is 13.6. The topological polar surface area (TPSA) is 82.2 Å². The minimum absolute atomic E-state index is 0.0128. The lowest BCUT2D eigenvalue weighted by molar-refractivity contribution is -0.137. The molecule has 1 aromatic heterocycles. The number of aromatic amines is 1. The number of carboxylic acid groups (broad SMARTS) is 1. The molecule has 7 heteroatoms. The Morgan fingerprint density at radius 1 is 1.26 bits per heavy atom. The second kappa shape index (κ2) is 6.70. The van der Waals surface area contributed by atoms with E-state index in [4.69, 9.17) is 11.6 Å². The highest BCUT2D eigenvalue weighted by molar-refractivity contribution is 6.31. The van der Waals surface area contributed by atoms with Gasteiger partial charge in [-0.05, 0) is 35.7 Å². The van der Waals surface area contributed by atoms with Gasteiger partial charge in [0.1, 0.15) is 11.5 Å². The van der Waals surface area contributed by atoms with Gasteiger partial charge in [-0.15, -0.1) is 0 Å². The first-order chi connectivity index (χ1) is 12.9. The van der Waals surface area contributed by atoms with Crippen LogP contribution in [0.2, 0.25) is 5.02 Å². The number of amides is 1. The van der Waals surface area contributed by atoms with Crippen LogP contribution in [0.15, 0.2) is 42.5 Å². The number of carbonyl (C=O) groups excluding carboxylic acids is 1. The van der Waals surface area contributed by atoms with Crippen LogP contribution in [0.3, 0.4) is 0 Å². The van der Waals surface area contributed by atoms with E-state index in [9.17, 15) is 19.1 Å². The molecule has 2 atom stereocenters. The number of hydrogen-bond acceptors (Lipinski definition) is 2. The largest absolute Gasteiger partial charge is 0.481 e. The van der Waals surface area contributed by atoms with Gasteiger partial charge in [-0.2, -0.15) is 0 Å². The molecular weight excluding hydrogens is 371 g/mol. The average molecular weight is 387 g/mol. The highest BCUT2D eigenvalue weighted by Crippen LogP contribution is 2.36. The second-order valence-corrected chi connectivity index (χ2v) is 7.13. The second-order valence-electron chi connectivity index (χ2n) is 6.72. The molecule has 0 saturated heterocycles. The maximum Gasteiger partial charge on any atom is 0.304 e. The Morgan fingerprint density at radius 2 is 2.04 bits per heavy atom. The Morgan fingerprint density at radius 3 is 2.81 bits per heavy atom. The van der Waals surface area contributed by atoms with E-state index in [-0.39, 0.29) is 35.0 Å². The molecule has 27 heavy (non-hydrogen) atoms. The number of hydrogen-bond donors (Lipinski definition) is 3. The van der Waals surface area contributed by atoms with Crippen LogP contribution in [-0.2, 0) is 11.2 Å². The number of halogens is 2. The molecule has 0 aliphatic heterocycles. The highest BCUT2D eigenvalue weighted by Gasteiger charge is 2.35. The Bertz CT molecular complexity index is 1020. The fourth-order valence-electron chi connectivity index (χ4n) is 3.76. The van der Waals surface area contributed by atoms with Crippen molar-refractivity contribution in [3.8, 4) is 0 Å². The van der Waals surface area contributed by atoms with Crippen molar-refractivity contribution >= 4 is 34.4 Å². The number of carbonyl (C=O) groups is 2. The smallest absolute Gasteiger partial charge is 0.304 e. The molecule has 3 aromatic rings. The van der Waals surface area contributed by atoms with Crippen molar-refractivity contribution in [2.75, 3.05) is 0 Å². The van der Waals surface area contributed by atoms with Crippen LogP contribution in [0.4, 0.5) is 4.39 Å². The molecular formula is C20H16ClFN2O3. The molecule has 0 radical (unpaired) electrons. The van der Waals surface area contributed by atoms with E-state index in [1.165, 1.54) is 12.1 Å². The molecule has 0 fully saturated rings. The Kier molecular flexibility index (Phi) is 4.36. The summed E-state index contributed by atoms with van der Waals surface area (Å²) in [6.45, 7) is 0. The number of benzene rings is 2. The molecule has 0 spiro atoms. The molecule has 138 valence electrons. The van der Waals surface area contributed by atoms with Gasteiger partial charge in [0.2, 0.25) is 0 Å². The number of nitrogens with one attached hydrogen (secondary N) is 2. The summed E-state index contributed by atoms with van der Waals surface area (Å²) in [6.07, 6.45) is 0.510. The number of aromatic nitrogens is 1. The van der Waals surface area contributed by atoms with Gasteiger partial charge >= 0.3 is 5.97 Å². The zero-order valence-corrected chi connectivity index (χ0v) is 14.9. The molecule has 1 amide bonds. The van der Waals surface area contributed by atoms with Crippen LogP contribution in [0.25, 0.3) is 10.9 Å². The number of carboxylic acids is 1. The van der Waals surface area contributed by atoms with Crippen molar-refractivity contribution in [2.45, 2.75) is 24.8 Å². The first kappa shape index (κ1) is 17.5. The van der Waals surface area contributed by atoms with E-state index in [0.717, 1.165) is 11.1 Å². The van der Waals surface area contributed by atoms with Crippen LogP contribution >= 0.6 is 11.6 Å². The van der Waals surface area contributed by atoms with Crippen LogP contribution in [0, 0.1) is 5.82 Å². The fraction of sp³-hybridized carbons (Fsp3) is 0.200. The molecule has 0 bridgehead atoms. The van der Waals surface area contributed by atoms with Crippen molar-refractivity contribution in [3.05, 3.63) is 70.1 Å². The third kappa shape index (κ3) is 3.28. The number of aliphatic carboxylic acids is 1. The van der Waals surface area contributed by atoms with Gasteiger partial charge in [0.25, 0.3) is 5.91 Å². The summed E-state index contributed by atoms with van der Waals surface area (Å²) in [5, 5.41) is 12.8. The summed E-state index contributed by atoms with van der Waals surface area (Å²) in [5.74, 6) is -2.13. The third-order valence-corrected chi connectivity index (χ3v) is 5.29. The van der Waals surface area contributed by atoms with Gasteiger partial charge in [0.15, 0.2) is 0 Å². The van der Waals surface area contributed by atoms with Crippen LogP contribution < -0.4 is 5.32 Å². The van der Waals surface area contributed by atoms with E-state index in [2.05, 4.69) is 10.3 Å². The predicted molar refractivity (Wildman–Crippen MR) is 99.7 cm³/mol. The van der Waals surface area contributed by atoms with Crippen LogP contribution in [0.5, 0.6) is 0 Å². The summed E-state index contributed by atoms with van der Waals surface area (Å²) in [7, 11) is 0. The normalized spacial score (nSPS) is 18.4. The van der Waals surface area contributed by atoms with E-state index < -0.39 is 11.8 Å². The zero-order valence-electron chi connectivity index (χ0n) is 14.1. The lowest BCUT2D eigenvalue weighted by Gasteiger charge is -2.20. The fourth-order valence-corrected chi connectivity index (χ4v) is 3.94. The van der Waals surface area contributed by atoms with Gasteiger partial charge in [0.05, 0.1) is 11.4 Å². The first-order valence-electron chi connectivity index (χ1n) is 8.50. The van der Waals surface area contributed by atoms with Crippen LogP contribution in [-0.4, -0.2) is 28.0 Å². The number of fused-ring (bicyclic) bond motifs is 2. The van der Waals surface area contributed by atoms with Gasteiger partial charge in [-0.1, -0.05) is 35.9 Å². The summed E-state index contributed by atoms with van der Waals surface area (Å²) in [6, 6.07) is 11.6. The summed E-state index contributed by atoms with van der Waals surface area (Å²) < 4.78 is 13.6. The Hall–Kier alpha value is -2.86. The van der Waals surface area contributed by atoms with E-state index in [1.54, 1.807) is 6.07 Å². The quantitative estimate of drug-likeness (QED) is 0.636. The number of rotatable bonds is 4. The van der Waals surface area contributed by atoms with Gasteiger partial charge in [-0.3, -0.25) is 9.59 Å². The lowest BCUT2D eigenvalue weighted by atomic mass is 9.94. The third-order valence-electron chi connectivity index (χ3n) is 5.00. The summed E-state index contributed by atoms with van der Waals surface area (Å²) in [5.41, 5.74) is 2.74. The van der Waals surface area contributed by atoms with E-state index in [0.29, 0.717) is 17.3 Å². The molecule has 2 aromatic carbocycles. The van der Waals surface area contributed by atoms with Gasteiger partial charge < -0.3 is 15.4 Å².